The molecular weight excluding hydrogens is 683 g/mol. The van der Waals surface area contributed by atoms with E-state index in [0.29, 0.717) is 42.6 Å². The van der Waals surface area contributed by atoms with Crippen LogP contribution < -0.4 is 11.2 Å². The molecule has 2 heterocycles. The Kier molecular flexibility index (Phi) is 11.5. The van der Waals surface area contributed by atoms with Gasteiger partial charge in [0, 0.05) is 47.7 Å². The topological polar surface area (TPSA) is 178 Å². The Morgan fingerprint density at radius 1 is 0.800 bits per heavy atom. The molecule has 2 aliphatic rings. The molecule has 5 rings (SSSR count). The predicted octanol–water partition coefficient (Wildman–Crippen LogP) is 5.59. The van der Waals surface area contributed by atoms with Crippen LogP contribution in [0.15, 0.2) is 51.4 Å². The Balaban J connectivity index is 1.59. The molecule has 2 fully saturated rings. The van der Waals surface area contributed by atoms with Crippen LogP contribution in [0.2, 0.25) is 0 Å². The van der Waals surface area contributed by atoms with Crippen LogP contribution in [0.25, 0.3) is 21.5 Å². The van der Waals surface area contributed by atoms with Gasteiger partial charge < -0.3 is 10.5 Å². The molecule has 5 atom stereocenters. The number of nitrogens with two attached hydrogens (primary N) is 1. The number of anilines is 1. The van der Waals surface area contributed by atoms with Crippen molar-refractivity contribution in [2.75, 3.05) is 44.9 Å². The van der Waals surface area contributed by atoms with Crippen molar-refractivity contribution in [3.05, 3.63) is 41.3 Å². The number of nitrogens with one attached hydrogen (secondary N) is 1. The number of benzene rings is 3. The lowest BCUT2D eigenvalue weighted by atomic mass is 9.94. The van der Waals surface area contributed by atoms with Crippen molar-refractivity contribution < 1.29 is 31.2 Å². The van der Waals surface area contributed by atoms with Gasteiger partial charge in [0.1, 0.15) is 24.9 Å². The molecule has 2 saturated heterocycles. The number of hydrogen-bond donors (Lipinski definition) is 2. The van der Waals surface area contributed by atoms with Crippen LogP contribution in [0.4, 0.5) is 11.4 Å². The van der Waals surface area contributed by atoms with Gasteiger partial charge in [-0.3, -0.25) is 15.1 Å². The molecular formula is C35H49N5O8S2. The Bertz CT molecular complexity index is 1830. The van der Waals surface area contributed by atoms with Gasteiger partial charge in [-0.1, -0.05) is 53.7 Å². The number of sulfonamides is 2. The molecule has 1 unspecified atom stereocenters. The fraction of sp³-hybridized carbons (Fsp3) is 0.571. The highest BCUT2D eigenvalue weighted by Crippen LogP contribution is 2.44. The fourth-order valence-electron chi connectivity index (χ4n) is 7.27. The van der Waals surface area contributed by atoms with Gasteiger partial charge in [0.25, 0.3) is 0 Å². The summed E-state index contributed by atoms with van der Waals surface area (Å²) in [5, 5.41) is 4.62. The van der Waals surface area contributed by atoms with E-state index in [-0.39, 0.29) is 69.1 Å². The summed E-state index contributed by atoms with van der Waals surface area (Å²) in [5.74, 6) is 0.0808. The number of nitroso groups, excluding NO2 is 1. The summed E-state index contributed by atoms with van der Waals surface area (Å²) in [5.41, 5.74) is 9.03. The lowest BCUT2D eigenvalue weighted by Crippen LogP contribution is -2.42. The Hall–Kier alpha value is -3.21. The molecule has 0 aliphatic carbocycles. The van der Waals surface area contributed by atoms with E-state index in [9.17, 15) is 26.5 Å². The standard InChI is InChI=1S/C35H49N5O8S2/c1-21(2)32(36)35(41)47-11-12-48-38-34-28-9-7-26(49(43,44)39-17-22(3)13-23(4)18-39)15-30(28)33(37-42)31-16-27(8-10-29(31)34)50(45,46)40-19-24(5)14-25(6)20-40/h7-10,15-16,21-25,32,38H,11-14,17-20,36H2,1-6H3/t22-,23+,24-,25+,32?. The minimum atomic E-state index is -3.94. The molecule has 3 N–H and O–H groups in total. The molecule has 3 aromatic rings. The molecule has 0 spiro atoms. The first-order chi connectivity index (χ1) is 23.5. The lowest BCUT2D eigenvalue weighted by molar-refractivity contribution is -0.147. The molecule has 274 valence electrons. The monoisotopic (exact) mass is 731 g/mol. The van der Waals surface area contributed by atoms with Gasteiger partial charge in [-0.25, -0.2) is 16.8 Å². The van der Waals surface area contributed by atoms with Gasteiger partial charge in [-0.15, -0.1) is 4.91 Å². The smallest absolute Gasteiger partial charge is 0.323 e. The van der Waals surface area contributed by atoms with E-state index in [0.717, 1.165) is 12.8 Å². The SMILES string of the molecule is CC(C)C(N)C(=O)OCCONc1c2ccc(S(=O)(=O)N3C[C@H](C)C[C@H](C)C3)cc2c(N=O)c2cc(S(=O)(=O)N3C[C@H](C)C[C@H](C)C3)ccc12. The molecule has 2 aliphatic heterocycles. The minimum absolute atomic E-state index is 0.00381. The number of hydrogen-bond acceptors (Lipinski definition) is 11. The van der Waals surface area contributed by atoms with Crippen molar-refractivity contribution in [2.24, 2.45) is 40.5 Å². The maximum Gasteiger partial charge on any atom is 0.323 e. The summed E-state index contributed by atoms with van der Waals surface area (Å²) < 4.78 is 63.8. The maximum atomic E-state index is 13.9. The van der Waals surface area contributed by atoms with Gasteiger partial charge in [-0.05, 0) is 71.9 Å². The second-order valence-electron chi connectivity index (χ2n) is 14.7. The summed E-state index contributed by atoms with van der Waals surface area (Å²) in [4.78, 5) is 30.5. The Morgan fingerprint density at radius 2 is 1.24 bits per heavy atom. The first-order valence-corrected chi connectivity index (χ1v) is 20.1. The first-order valence-electron chi connectivity index (χ1n) is 17.2. The van der Waals surface area contributed by atoms with Crippen molar-refractivity contribution in [2.45, 2.75) is 70.2 Å². The maximum absolute atomic E-state index is 13.9. The van der Waals surface area contributed by atoms with Crippen LogP contribution in [0.5, 0.6) is 0 Å². The van der Waals surface area contributed by atoms with E-state index < -0.39 is 32.1 Å². The zero-order valence-corrected chi connectivity index (χ0v) is 31.2. The molecule has 0 saturated carbocycles. The average molecular weight is 732 g/mol. The van der Waals surface area contributed by atoms with Crippen molar-refractivity contribution >= 4 is 58.9 Å². The van der Waals surface area contributed by atoms with E-state index in [2.05, 4.69) is 10.7 Å². The number of carbonyl (C=O) groups excluding carboxylic acids is 1. The third-order valence-corrected chi connectivity index (χ3v) is 13.3. The number of fused-ring (bicyclic) bond motifs is 2. The van der Waals surface area contributed by atoms with Crippen molar-refractivity contribution in [1.29, 1.82) is 0 Å². The van der Waals surface area contributed by atoms with Crippen molar-refractivity contribution in [1.82, 2.24) is 8.61 Å². The third kappa shape index (κ3) is 7.82. The summed E-state index contributed by atoms with van der Waals surface area (Å²) in [7, 11) is -7.87. The molecule has 0 amide bonds. The highest BCUT2D eigenvalue weighted by molar-refractivity contribution is 7.89. The molecule has 3 aromatic carbocycles. The van der Waals surface area contributed by atoms with Crippen LogP contribution in [-0.2, 0) is 34.4 Å². The van der Waals surface area contributed by atoms with Crippen LogP contribution in [-0.4, -0.2) is 76.8 Å². The second kappa shape index (κ2) is 15.2. The quantitative estimate of drug-likeness (QED) is 0.0784. The van der Waals surface area contributed by atoms with Gasteiger partial charge in [0.2, 0.25) is 20.0 Å². The normalized spacial score (nSPS) is 23.3. The number of carbonyl (C=O) groups is 1. The molecule has 13 nitrogen and oxygen atoms in total. The number of rotatable bonds is 12. The number of piperidine rings is 2. The average Bonchev–Trinajstić information content (AvgIpc) is 3.05. The number of nitrogens with zero attached hydrogens (tertiary/aromatic N) is 3. The van der Waals surface area contributed by atoms with Crippen LogP contribution in [0.3, 0.4) is 0 Å². The van der Waals surface area contributed by atoms with Crippen LogP contribution >= 0.6 is 0 Å². The Morgan fingerprint density at radius 3 is 1.64 bits per heavy atom. The van der Waals surface area contributed by atoms with Gasteiger partial charge in [0.15, 0.2) is 0 Å². The Labute approximate surface area is 294 Å². The largest absolute Gasteiger partial charge is 0.462 e. The summed E-state index contributed by atoms with van der Waals surface area (Å²) >= 11 is 0. The van der Waals surface area contributed by atoms with Gasteiger partial charge >= 0.3 is 5.97 Å². The van der Waals surface area contributed by atoms with E-state index >= 15 is 0 Å². The van der Waals surface area contributed by atoms with E-state index in [1.54, 1.807) is 12.1 Å². The molecule has 0 radical (unpaired) electrons. The highest BCUT2D eigenvalue weighted by Gasteiger charge is 2.34. The second-order valence-corrected chi connectivity index (χ2v) is 18.5. The van der Waals surface area contributed by atoms with Gasteiger partial charge in [0.05, 0.1) is 15.5 Å². The zero-order valence-electron chi connectivity index (χ0n) is 29.6. The van der Waals surface area contributed by atoms with E-state index in [1.807, 2.05) is 41.5 Å². The first kappa shape index (κ1) is 38.0. The summed E-state index contributed by atoms with van der Waals surface area (Å²) in [6.07, 6.45) is 1.85. The molecule has 0 bridgehead atoms. The predicted molar refractivity (Wildman–Crippen MR) is 194 cm³/mol. The number of esters is 1. The summed E-state index contributed by atoms with van der Waals surface area (Å²) in [6, 6.07) is 8.20. The van der Waals surface area contributed by atoms with Crippen molar-refractivity contribution in [3.63, 3.8) is 0 Å². The molecule has 50 heavy (non-hydrogen) atoms. The lowest BCUT2D eigenvalue weighted by Gasteiger charge is -2.34. The number of ether oxygens (including phenoxy) is 1. The fourth-order valence-corrected chi connectivity index (χ4v) is 10.7. The zero-order chi connectivity index (χ0) is 36.5. The van der Waals surface area contributed by atoms with Crippen LogP contribution in [0, 0.1) is 34.5 Å². The van der Waals surface area contributed by atoms with Gasteiger partial charge in [-0.2, -0.15) is 8.61 Å². The summed E-state index contributed by atoms with van der Waals surface area (Å²) in [6.45, 7) is 13.1. The van der Waals surface area contributed by atoms with Crippen molar-refractivity contribution in [3.8, 4) is 0 Å². The third-order valence-electron chi connectivity index (χ3n) is 9.66. The highest BCUT2D eigenvalue weighted by atomic mass is 32.2. The molecule has 15 heteroatoms. The molecule has 0 aromatic heterocycles. The van der Waals surface area contributed by atoms with E-state index in [1.165, 1.54) is 32.9 Å². The van der Waals surface area contributed by atoms with Crippen LogP contribution in [0.1, 0.15) is 54.4 Å². The minimum Gasteiger partial charge on any atom is -0.462 e. The van der Waals surface area contributed by atoms with E-state index in [4.69, 9.17) is 15.3 Å².